The predicted molar refractivity (Wildman–Crippen MR) is 139 cm³/mol. The molecule has 0 spiro atoms. The molecule has 0 bridgehead atoms. The van der Waals surface area contributed by atoms with Gasteiger partial charge in [0.25, 0.3) is 0 Å². The molecule has 9 heteroatoms. The van der Waals surface area contributed by atoms with Crippen molar-refractivity contribution < 1.29 is 22.4 Å². The topological polar surface area (TPSA) is 62.5 Å². The lowest BCUT2D eigenvalue weighted by Gasteiger charge is -2.26. The summed E-state index contributed by atoms with van der Waals surface area (Å²) in [4.78, 5) is 21.6. The molecule has 2 N–H and O–H groups in total. The number of halogens is 4. The standard InChI is InChI=1S/C29H26F4N4O/c1-36-11-4-12-37(14-13-36)25-8-2-5-18-20(25)16-24(35-28(18)19-10-9-17(30)15-23(19)33)27(29(34)38)26-21(31)6-3-7-22(26)32/h2-3,5-10,15-16,27H,4,11-14H2,1H3,(H2,34,38). The fourth-order valence-corrected chi connectivity index (χ4v) is 5.10. The highest BCUT2D eigenvalue weighted by Gasteiger charge is 2.30. The molecule has 38 heavy (non-hydrogen) atoms. The van der Waals surface area contributed by atoms with Gasteiger partial charge in [-0.25, -0.2) is 17.6 Å². The molecular weight excluding hydrogens is 496 g/mol. The number of benzene rings is 3. The van der Waals surface area contributed by atoms with Crippen LogP contribution >= 0.6 is 0 Å². The quantitative estimate of drug-likeness (QED) is 0.365. The number of amides is 1. The summed E-state index contributed by atoms with van der Waals surface area (Å²) in [6.45, 7) is 3.21. The van der Waals surface area contributed by atoms with Crippen molar-refractivity contribution >= 4 is 22.4 Å². The van der Waals surface area contributed by atoms with Gasteiger partial charge in [0.1, 0.15) is 29.2 Å². The van der Waals surface area contributed by atoms with E-state index in [0.29, 0.717) is 17.3 Å². The second kappa shape index (κ2) is 10.4. The minimum absolute atomic E-state index is 0.0109. The van der Waals surface area contributed by atoms with E-state index in [1.54, 1.807) is 12.1 Å². The maximum Gasteiger partial charge on any atom is 0.231 e. The number of hydrogen-bond acceptors (Lipinski definition) is 4. The zero-order chi connectivity index (χ0) is 27.0. The first-order valence-electron chi connectivity index (χ1n) is 12.3. The van der Waals surface area contributed by atoms with Crippen molar-refractivity contribution in [3.05, 3.63) is 95.2 Å². The molecule has 0 saturated carbocycles. The highest BCUT2D eigenvalue weighted by molar-refractivity contribution is 6.03. The minimum atomic E-state index is -1.58. The lowest BCUT2D eigenvalue weighted by molar-refractivity contribution is -0.118. The summed E-state index contributed by atoms with van der Waals surface area (Å²) < 4.78 is 58.5. The number of likely N-dealkylation sites (N-methyl/N-ethyl adjacent to an activating group) is 1. The summed E-state index contributed by atoms with van der Waals surface area (Å²) in [7, 11) is 2.05. The predicted octanol–water partition coefficient (Wildman–Crippen LogP) is 5.22. The number of aromatic nitrogens is 1. The molecule has 4 aromatic rings. The van der Waals surface area contributed by atoms with Gasteiger partial charge in [0.2, 0.25) is 5.91 Å². The Kier molecular flexibility index (Phi) is 7.03. The van der Waals surface area contributed by atoms with Gasteiger partial charge in [-0.05, 0) is 56.4 Å². The number of anilines is 1. The first kappa shape index (κ1) is 25.7. The molecule has 1 saturated heterocycles. The first-order valence-corrected chi connectivity index (χ1v) is 12.3. The average Bonchev–Trinajstić information content (AvgIpc) is 3.09. The number of hydrogen-bond donors (Lipinski definition) is 1. The van der Waals surface area contributed by atoms with Crippen LogP contribution < -0.4 is 10.6 Å². The largest absolute Gasteiger partial charge is 0.370 e. The third-order valence-corrected chi connectivity index (χ3v) is 6.99. The third-order valence-electron chi connectivity index (χ3n) is 6.99. The fourth-order valence-electron chi connectivity index (χ4n) is 5.10. The number of primary amides is 1. The van der Waals surface area contributed by atoms with Gasteiger partial charge < -0.3 is 15.5 Å². The van der Waals surface area contributed by atoms with Crippen molar-refractivity contribution in [2.75, 3.05) is 38.1 Å². The Morgan fingerprint density at radius 1 is 0.868 bits per heavy atom. The van der Waals surface area contributed by atoms with Crippen LogP contribution in [-0.4, -0.2) is 49.0 Å². The Morgan fingerprint density at radius 3 is 2.32 bits per heavy atom. The monoisotopic (exact) mass is 522 g/mol. The molecule has 1 aliphatic rings. The van der Waals surface area contributed by atoms with Gasteiger partial charge in [-0.3, -0.25) is 9.78 Å². The van der Waals surface area contributed by atoms with Crippen molar-refractivity contribution in [1.29, 1.82) is 0 Å². The number of fused-ring (bicyclic) bond motifs is 1. The highest BCUT2D eigenvalue weighted by Crippen LogP contribution is 2.38. The number of nitrogens with two attached hydrogens (primary N) is 1. The van der Waals surface area contributed by atoms with Crippen LogP contribution in [-0.2, 0) is 4.79 Å². The lowest BCUT2D eigenvalue weighted by atomic mass is 9.91. The second-order valence-electron chi connectivity index (χ2n) is 9.51. The van der Waals surface area contributed by atoms with Crippen LogP contribution in [0.3, 0.4) is 0 Å². The molecule has 196 valence electrons. The molecule has 1 aromatic heterocycles. The van der Waals surface area contributed by atoms with E-state index in [4.69, 9.17) is 5.73 Å². The number of nitrogens with zero attached hydrogens (tertiary/aromatic N) is 3. The molecule has 2 heterocycles. The van der Waals surface area contributed by atoms with Crippen LogP contribution in [0.25, 0.3) is 22.0 Å². The van der Waals surface area contributed by atoms with E-state index in [2.05, 4.69) is 14.8 Å². The van der Waals surface area contributed by atoms with Crippen LogP contribution in [0.2, 0.25) is 0 Å². The van der Waals surface area contributed by atoms with Crippen molar-refractivity contribution in [2.45, 2.75) is 12.3 Å². The van der Waals surface area contributed by atoms with Gasteiger partial charge in [-0.2, -0.15) is 0 Å². The minimum Gasteiger partial charge on any atom is -0.370 e. The van der Waals surface area contributed by atoms with Crippen molar-refractivity contribution in [3.63, 3.8) is 0 Å². The number of pyridine rings is 1. The summed E-state index contributed by atoms with van der Waals surface area (Å²) in [6, 6.07) is 13.4. The van der Waals surface area contributed by atoms with Gasteiger partial charge in [0.05, 0.1) is 11.4 Å². The number of carbonyl (C=O) groups excluding carboxylic acids is 1. The summed E-state index contributed by atoms with van der Waals surface area (Å²) in [5.74, 6) is -6.11. The van der Waals surface area contributed by atoms with Crippen LogP contribution in [0.5, 0.6) is 0 Å². The summed E-state index contributed by atoms with van der Waals surface area (Å²) in [5.41, 5.74) is 6.03. The van der Waals surface area contributed by atoms with E-state index >= 15 is 4.39 Å². The van der Waals surface area contributed by atoms with Gasteiger partial charge >= 0.3 is 0 Å². The van der Waals surface area contributed by atoms with E-state index in [1.807, 2.05) is 19.2 Å². The van der Waals surface area contributed by atoms with E-state index in [-0.39, 0.29) is 17.0 Å². The lowest BCUT2D eigenvalue weighted by Crippen LogP contribution is -2.29. The molecule has 1 aliphatic heterocycles. The Balaban J connectivity index is 1.81. The summed E-state index contributed by atoms with van der Waals surface area (Å²) >= 11 is 0. The van der Waals surface area contributed by atoms with E-state index in [1.165, 1.54) is 12.1 Å². The van der Waals surface area contributed by atoms with Crippen molar-refractivity contribution in [1.82, 2.24) is 9.88 Å². The third kappa shape index (κ3) is 4.81. The highest BCUT2D eigenvalue weighted by atomic mass is 19.1. The average molecular weight is 523 g/mol. The van der Waals surface area contributed by atoms with Crippen LogP contribution in [0.1, 0.15) is 23.6 Å². The Morgan fingerprint density at radius 2 is 1.61 bits per heavy atom. The molecule has 1 unspecified atom stereocenters. The maximum atomic E-state index is 15.1. The Labute approximate surface area is 217 Å². The summed E-state index contributed by atoms with van der Waals surface area (Å²) in [6.07, 6.45) is 0.911. The van der Waals surface area contributed by atoms with Gasteiger partial charge in [-0.15, -0.1) is 0 Å². The van der Waals surface area contributed by atoms with E-state index in [9.17, 15) is 18.0 Å². The van der Waals surface area contributed by atoms with Gasteiger partial charge in [-0.1, -0.05) is 18.2 Å². The fraction of sp³-hybridized carbons (Fsp3) is 0.241. The van der Waals surface area contributed by atoms with Crippen molar-refractivity contribution in [2.24, 2.45) is 5.73 Å². The normalized spacial score (nSPS) is 15.4. The van der Waals surface area contributed by atoms with Crippen LogP contribution in [0, 0.1) is 23.3 Å². The molecule has 3 aromatic carbocycles. The zero-order valence-corrected chi connectivity index (χ0v) is 20.7. The molecule has 1 amide bonds. The van der Waals surface area contributed by atoms with Gasteiger partial charge in [0.15, 0.2) is 0 Å². The molecule has 1 atom stereocenters. The van der Waals surface area contributed by atoms with Crippen LogP contribution in [0.15, 0.2) is 60.7 Å². The Hall–Kier alpha value is -3.98. The smallest absolute Gasteiger partial charge is 0.231 e. The second-order valence-corrected chi connectivity index (χ2v) is 9.51. The molecule has 5 nitrogen and oxygen atoms in total. The number of carbonyl (C=O) groups is 1. The zero-order valence-electron chi connectivity index (χ0n) is 20.7. The van der Waals surface area contributed by atoms with Crippen LogP contribution in [0.4, 0.5) is 23.2 Å². The summed E-state index contributed by atoms with van der Waals surface area (Å²) in [5, 5.41) is 1.16. The first-order chi connectivity index (χ1) is 18.2. The maximum absolute atomic E-state index is 15.1. The molecule has 0 aliphatic carbocycles. The van der Waals surface area contributed by atoms with Gasteiger partial charge in [0, 0.05) is 53.3 Å². The molecule has 1 fully saturated rings. The van der Waals surface area contributed by atoms with Crippen molar-refractivity contribution in [3.8, 4) is 11.3 Å². The SMILES string of the molecule is CN1CCCN(c2cccc3c(-c4ccc(F)cc4F)nc(C(C(N)=O)c4c(F)cccc4F)cc23)CC1. The van der Waals surface area contributed by atoms with E-state index in [0.717, 1.165) is 56.0 Å². The molecular formula is C29H26F4N4O. The molecule has 5 rings (SSSR count). The number of rotatable bonds is 5. The van der Waals surface area contributed by atoms with E-state index < -0.39 is 40.7 Å². The Bertz CT molecular complexity index is 1510. The molecule has 0 radical (unpaired) electrons.